The molecule has 0 aromatic carbocycles. The van der Waals surface area contributed by atoms with Crippen molar-refractivity contribution in [2.24, 2.45) is 0 Å². The summed E-state index contributed by atoms with van der Waals surface area (Å²) in [5.41, 5.74) is 4.68. The molecule has 0 unspecified atom stereocenters. The van der Waals surface area contributed by atoms with E-state index in [1.165, 1.54) is 17.0 Å². The van der Waals surface area contributed by atoms with E-state index in [1.54, 1.807) is 13.4 Å². The standard InChI is InChI=1S/C23H28N4O2S/c1-16-14-19(17(2)27(16)15-18-8-6-13-29-18)22-21(20-9-4-5-10-24-20)25-23(30)26(22)11-7-12-28-3/h4-6,8-10,13-14,21-22H,7,11-12,15H2,1-3H3,(H,25,30)/t21-,22-/m0/s1. The number of nitrogens with one attached hydrogen (secondary N) is 1. The number of methoxy groups -OCH3 is 1. The molecule has 1 saturated heterocycles. The van der Waals surface area contributed by atoms with Gasteiger partial charge < -0.3 is 23.9 Å². The smallest absolute Gasteiger partial charge is 0.170 e. The summed E-state index contributed by atoms with van der Waals surface area (Å²) in [5.74, 6) is 0.946. The molecule has 4 rings (SSSR count). The van der Waals surface area contributed by atoms with Crippen LogP contribution in [0.2, 0.25) is 0 Å². The van der Waals surface area contributed by atoms with Crippen LogP contribution in [0.25, 0.3) is 0 Å². The second-order valence-corrected chi connectivity index (χ2v) is 8.05. The molecule has 6 nitrogen and oxygen atoms in total. The molecule has 30 heavy (non-hydrogen) atoms. The molecule has 0 saturated carbocycles. The van der Waals surface area contributed by atoms with Crippen molar-refractivity contribution in [1.82, 2.24) is 19.8 Å². The number of aryl methyl sites for hydroxylation is 1. The Balaban J connectivity index is 1.72. The highest BCUT2D eigenvalue weighted by atomic mass is 32.1. The van der Waals surface area contributed by atoms with Gasteiger partial charge in [0.1, 0.15) is 5.76 Å². The molecule has 0 spiro atoms. The van der Waals surface area contributed by atoms with E-state index in [0.29, 0.717) is 13.2 Å². The summed E-state index contributed by atoms with van der Waals surface area (Å²) in [5, 5.41) is 4.29. The Morgan fingerprint density at radius 3 is 2.80 bits per heavy atom. The second kappa shape index (κ2) is 9.02. The van der Waals surface area contributed by atoms with Crippen molar-refractivity contribution in [3.63, 3.8) is 0 Å². The molecule has 4 heterocycles. The van der Waals surface area contributed by atoms with Crippen molar-refractivity contribution in [3.05, 3.63) is 77.3 Å². The van der Waals surface area contributed by atoms with Gasteiger partial charge in [-0.3, -0.25) is 4.98 Å². The predicted octanol–water partition coefficient (Wildman–Crippen LogP) is 4.15. The van der Waals surface area contributed by atoms with Crippen LogP contribution in [-0.4, -0.2) is 39.8 Å². The predicted molar refractivity (Wildman–Crippen MR) is 120 cm³/mol. The van der Waals surface area contributed by atoms with Crippen molar-refractivity contribution < 1.29 is 9.15 Å². The lowest BCUT2D eigenvalue weighted by Gasteiger charge is -2.28. The fraction of sp³-hybridized carbons (Fsp3) is 0.391. The zero-order valence-electron chi connectivity index (χ0n) is 17.7. The lowest BCUT2D eigenvalue weighted by Crippen LogP contribution is -2.31. The van der Waals surface area contributed by atoms with Crippen LogP contribution >= 0.6 is 12.2 Å². The number of furan rings is 1. The number of pyridine rings is 1. The Labute approximate surface area is 182 Å². The molecule has 0 radical (unpaired) electrons. The van der Waals surface area contributed by atoms with Crippen LogP contribution in [0.1, 0.15) is 46.9 Å². The number of rotatable bonds is 8. The molecule has 7 heteroatoms. The summed E-state index contributed by atoms with van der Waals surface area (Å²) in [6.07, 6.45) is 4.47. The van der Waals surface area contributed by atoms with E-state index in [-0.39, 0.29) is 12.1 Å². The van der Waals surface area contributed by atoms with Gasteiger partial charge in [0.25, 0.3) is 0 Å². The topological polar surface area (TPSA) is 55.5 Å². The molecular formula is C23H28N4O2S. The summed E-state index contributed by atoms with van der Waals surface area (Å²) < 4.78 is 13.2. The maximum Gasteiger partial charge on any atom is 0.170 e. The molecule has 1 aliphatic heterocycles. The van der Waals surface area contributed by atoms with E-state index in [1.807, 2.05) is 30.5 Å². The highest BCUT2D eigenvalue weighted by molar-refractivity contribution is 7.80. The summed E-state index contributed by atoms with van der Waals surface area (Å²) in [4.78, 5) is 6.91. The van der Waals surface area contributed by atoms with E-state index in [9.17, 15) is 0 Å². The Morgan fingerprint density at radius 1 is 1.23 bits per heavy atom. The van der Waals surface area contributed by atoms with Gasteiger partial charge in [-0.1, -0.05) is 6.07 Å². The number of aromatic nitrogens is 2. The molecule has 1 N–H and O–H groups in total. The fourth-order valence-corrected chi connectivity index (χ4v) is 4.62. The van der Waals surface area contributed by atoms with Gasteiger partial charge in [0, 0.05) is 37.8 Å². The van der Waals surface area contributed by atoms with E-state index in [0.717, 1.165) is 29.5 Å². The average Bonchev–Trinajstić information content (AvgIpc) is 3.45. The van der Waals surface area contributed by atoms with Crippen LogP contribution in [0.5, 0.6) is 0 Å². The van der Waals surface area contributed by atoms with Gasteiger partial charge in [-0.15, -0.1) is 0 Å². The summed E-state index contributed by atoms with van der Waals surface area (Å²) in [7, 11) is 1.73. The first-order valence-corrected chi connectivity index (χ1v) is 10.7. The van der Waals surface area contributed by atoms with Gasteiger partial charge >= 0.3 is 0 Å². The van der Waals surface area contributed by atoms with Crippen molar-refractivity contribution in [2.75, 3.05) is 20.3 Å². The molecule has 1 fully saturated rings. The minimum Gasteiger partial charge on any atom is -0.467 e. The Bertz CT molecular complexity index is 984. The minimum atomic E-state index is -0.00110. The Kier molecular flexibility index (Phi) is 6.20. The largest absolute Gasteiger partial charge is 0.467 e. The fourth-order valence-electron chi connectivity index (χ4n) is 4.29. The van der Waals surface area contributed by atoms with E-state index in [4.69, 9.17) is 21.4 Å². The number of hydrogen-bond acceptors (Lipinski definition) is 4. The van der Waals surface area contributed by atoms with Gasteiger partial charge in [0.05, 0.1) is 30.6 Å². The Hall–Kier alpha value is -2.64. The summed E-state index contributed by atoms with van der Waals surface area (Å²) >= 11 is 5.74. The first-order chi connectivity index (χ1) is 14.6. The van der Waals surface area contributed by atoms with Crippen molar-refractivity contribution >= 4 is 17.3 Å². The molecule has 2 atom stereocenters. The van der Waals surface area contributed by atoms with Crippen molar-refractivity contribution in [3.8, 4) is 0 Å². The van der Waals surface area contributed by atoms with Crippen LogP contribution in [-0.2, 0) is 11.3 Å². The lowest BCUT2D eigenvalue weighted by atomic mass is 9.96. The number of hydrogen-bond donors (Lipinski definition) is 1. The molecule has 0 aliphatic carbocycles. The maximum atomic E-state index is 5.74. The second-order valence-electron chi connectivity index (χ2n) is 7.66. The van der Waals surface area contributed by atoms with Gasteiger partial charge in [-0.05, 0) is 68.4 Å². The van der Waals surface area contributed by atoms with Gasteiger partial charge in [0.15, 0.2) is 5.11 Å². The van der Waals surface area contributed by atoms with Crippen LogP contribution in [0.4, 0.5) is 0 Å². The van der Waals surface area contributed by atoms with Gasteiger partial charge in [-0.25, -0.2) is 0 Å². The SMILES string of the molecule is COCCCN1C(=S)N[C@@H](c2ccccn2)[C@@H]1c1cc(C)n(Cc2ccco2)c1C. The lowest BCUT2D eigenvalue weighted by molar-refractivity contribution is 0.180. The first-order valence-electron chi connectivity index (χ1n) is 10.3. The van der Waals surface area contributed by atoms with Crippen molar-refractivity contribution in [2.45, 2.75) is 38.9 Å². The van der Waals surface area contributed by atoms with E-state index >= 15 is 0 Å². The summed E-state index contributed by atoms with van der Waals surface area (Å²) in [6.45, 7) is 6.57. The average molecular weight is 425 g/mol. The van der Waals surface area contributed by atoms with Crippen LogP contribution in [0.3, 0.4) is 0 Å². The molecular weight excluding hydrogens is 396 g/mol. The minimum absolute atomic E-state index is 0.00110. The van der Waals surface area contributed by atoms with Crippen LogP contribution in [0, 0.1) is 13.8 Å². The summed E-state index contributed by atoms with van der Waals surface area (Å²) in [6, 6.07) is 12.3. The normalized spacial score (nSPS) is 18.8. The number of thiocarbonyl (C=S) groups is 1. The van der Waals surface area contributed by atoms with E-state index < -0.39 is 0 Å². The first kappa shape index (κ1) is 20.6. The third-order valence-corrected chi connectivity index (χ3v) is 6.12. The van der Waals surface area contributed by atoms with Crippen LogP contribution < -0.4 is 5.32 Å². The highest BCUT2D eigenvalue weighted by Crippen LogP contribution is 2.40. The third-order valence-electron chi connectivity index (χ3n) is 5.77. The quantitative estimate of drug-likeness (QED) is 0.433. The molecule has 3 aromatic rings. The van der Waals surface area contributed by atoms with Crippen LogP contribution in [0.15, 0.2) is 53.3 Å². The molecule has 158 valence electrons. The Morgan fingerprint density at radius 2 is 2.10 bits per heavy atom. The van der Waals surface area contributed by atoms with Crippen molar-refractivity contribution in [1.29, 1.82) is 0 Å². The monoisotopic (exact) mass is 424 g/mol. The molecule has 1 aliphatic rings. The number of ether oxygens (including phenoxy) is 1. The van der Waals surface area contributed by atoms with Gasteiger partial charge in [-0.2, -0.15) is 0 Å². The van der Waals surface area contributed by atoms with E-state index in [2.05, 4.69) is 45.7 Å². The number of nitrogens with zero attached hydrogens (tertiary/aromatic N) is 3. The highest BCUT2D eigenvalue weighted by Gasteiger charge is 2.41. The maximum absolute atomic E-state index is 5.74. The molecule has 3 aromatic heterocycles. The third kappa shape index (κ3) is 4.00. The van der Waals surface area contributed by atoms with Gasteiger partial charge in [0.2, 0.25) is 0 Å². The zero-order valence-corrected chi connectivity index (χ0v) is 18.5. The molecule has 0 bridgehead atoms. The zero-order chi connectivity index (χ0) is 21.1. The molecule has 0 amide bonds.